The number of non-ortho nitro benzene ring substituents is 1. The number of ether oxygens (including phenoxy) is 1. The van der Waals surface area contributed by atoms with Crippen LogP contribution in [-0.2, 0) is 0 Å². The van der Waals surface area contributed by atoms with Crippen molar-refractivity contribution in [3.63, 3.8) is 0 Å². The smallest absolute Gasteiger partial charge is 0.270 e. The Bertz CT molecular complexity index is 741. The van der Waals surface area contributed by atoms with Crippen molar-refractivity contribution in [1.29, 1.82) is 5.26 Å². The lowest BCUT2D eigenvalue weighted by molar-refractivity contribution is -0.384. The van der Waals surface area contributed by atoms with E-state index >= 15 is 0 Å². The van der Waals surface area contributed by atoms with E-state index in [1.54, 1.807) is 37.4 Å². The number of nitrogens with zero attached hydrogens (tertiary/aromatic N) is 3. The third-order valence-corrected chi connectivity index (χ3v) is 3.48. The molecule has 0 spiro atoms. The van der Waals surface area contributed by atoms with Crippen molar-refractivity contribution in [3.8, 4) is 11.8 Å². The quantitative estimate of drug-likeness (QED) is 0.596. The van der Waals surface area contributed by atoms with E-state index in [2.05, 4.69) is 0 Å². The Hall–Kier alpha value is -2.78. The summed E-state index contributed by atoms with van der Waals surface area (Å²) in [5, 5.41) is 20.6. The topological polar surface area (TPSA) is 79.4 Å². The van der Waals surface area contributed by atoms with Gasteiger partial charge >= 0.3 is 0 Å². The standard InChI is InChI=1S/C16H14ClN3O3/c1-19(8-9-23-15-5-2-13(17)3-6-15)16-7-4-14(20(21)22)10-12(16)11-18/h2-7,10H,8-9H2,1H3. The van der Waals surface area contributed by atoms with Crippen LogP contribution < -0.4 is 9.64 Å². The summed E-state index contributed by atoms with van der Waals surface area (Å²) in [7, 11) is 1.80. The van der Waals surface area contributed by atoms with Crippen LogP contribution in [0.1, 0.15) is 5.56 Å². The van der Waals surface area contributed by atoms with E-state index in [0.29, 0.717) is 29.6 Å². The van der Waals surface area contributed by atoms with Gasteiger partial charge < -0.3 is 9.64 Å². The molecule has 118 valence electrons. The second kappa shape index (κ2) is 7.47. The average Bonchev–Trinajstić information content (AvgIpc) is 2.55. The second-order valence-electron chi connectivity index (χ2n) is 4.79. The molecule has 0 aliphatic carbocycles. The summed E-state index contributed by atoms with van der Waals surface area (Å²) in [6.07, 6.45) is 0. The monoisotopic (exact) mass is 331 g/mol. The summed E-state index contributed by atoms with van der Waals surface area (Å²) in [5.74, 6) is 0.701. The van der Waals surface area contributed by atoms with Gasteiger partial charge in [-0.2, -0.15) is 5.26 Å². The first-order chi connectivity index (χ1) is 11.0. The maximum atomic E-state index is 10.8. The fourth-order valence-electron chi connectivity index (χ4n) is 2.01. The van der Waals surface area contributed by atoms with Crippen LogP contribution >= 0.6 is 11.6 Å². The molecule has 0 amide bonds. The zero-order chi connectivity index (χ0) is 16.8. The van der Waals surface area contributed by atoms with Crippen LogP contribution in [0.5, 0.6) is 5.75 Å². The van der Waals surface area contributed by atoms with Gasteiger partial charge in [0.25, 0.3) is 5.69 Å². The van der Waals surface area contributed by atoms with Gasteiger partial charge in [-0.1, -0.05) is 11.6 Å². The van der Waals surface area contributed by atoms with Crippen molar-refractivity contribution in [2.75, 3.05) is 25.1 Å². The van der Waals surface area contributed by atoms with Crippen molar-refractivity contribution >= 4 is 23.0 Å². The fourth-order valence-corrected chi connectivity index (χ4v) is 2.14. The lowest BCUT2D eigenvalue weighted by Gasteiger charge is -2.20. The summed E-state index contributed by atoms with van der Waals surface area (Å²) in [5.41, 5.74) is 0.780. The molecular formula is C16H14ClN3O3. The van der Waals surface area contributed by atoms with Crippen LogP contribution in [0.2, 0.25) is 5.02 Å². The predicted octanol–water partition coefficient (Wildman–Crippen LogP) is 3.64. The van der Waals surface area contributed by atoms with E-state index in [-0.39, 0.29) is 11.3 Å². The number of benzene rings is 2. The summed E-state index contributed by atoms with van der Waals surface area (Å²) >= 11 is 5.80. The maximum absolute atomic E-state index is 10.8. The molecule has 0 heterocycles. The first-order valence-electron chi connectivity index (χ1n) is 6.79. The molecule has 0 N–H and O–H groups in total. The number of hydrogen-bond acceptors (Lipinski definition) is 5. The van der Waals surface area contributed by atoms with Gasteiger partial charge in [0, 0.05) is 24.2 Å². The van der Waals surface area contributed by atoms with E-state index in [9.17, 15) is 10.1 Å². The number of nitriles is 1. The molecule has 6 nitrogen and oxygen atoms in total. The van der Waals surface area contributed by atoms with Crippen LogP contribution in [0.4, 0.5) is 11.4 Å². The van der Waals surface area contributed by atoms with E-state index in [1.165, 1.54) is 12.1 Å². The Morgan fingerprint density at radius 1 is 1.30 bits per heavy atom. The Labute approximate surface area is 138 Å². The summed E-state index contributed by atoms with van der Waals surface area (Å²) in [6.45, 7) is 0.926. The predicted molar refractivity (Wildman–Crippen MR) is 88.0 cm³/mol. The summed E-state index contributed by atoms with van der Waals surface area (Å²) in [6, 6.07) is 13.2. The molecule has 23 heavy (non-hydrogen) atoms. The molecule has 0 aliphatic heterocycles. The normalized spacial score (nSPS) is 9.96. The molecule has 2 rings (SSSR count). The summed E-state index contributed by atoms with van der Waals surface area (Å²) in [4.78, 5) is 12.1. The molecule has 0 saturated heterocycles. The molecule has 0 saturated carbocycles. The van der Waals surface area contributed by atoms with E-state index < -0.39 is 4.92 Å². The van der Waals surface area contributed by atoms with Gasteiger partial charge in [-0.15, -0.1) is 0 Å². The molecular weight excluding hydrogens is 318 g/mol. The van der Waals surface area contributed by atoms with Crippen molar-refractivity contribution in [1.82, 2.24) is 0 Å². The number of nitro benzene ring substituents is 1. The van der Waals surface area contributed by atoms with Gasteiger partial charge in [0.15, 0.2) is 0 Å². The minimum atomic E-state index is -0.520. The Balaban J connectivity index is 2.00. The third-order valence-electron chi connectivity index (χ3n) is 3.23. The fraction of sp³-hybridized carbons (Fsp3) is 0.188. The van der Waals surface area contributed by atoms with Crippen LogP contribution in [-0.4, -0.2) is 25.1 Å². The molecule has 0 atom stereocenters. The third kappa shape index (κ3) is 4.34. The molecule has 0 unspecified atom stereocenters. The van der Waals surface area contributed by atoms with Crippen LogP contribution in [0, 0.1) is 21.4 Å². The minimum Gasteiger partial charge on any atom is -0.492 e. The highest BCUT2D eigenvalue weighted by Gasteiger charge is 2.13. The largest absolute Gasteiger partial charge is 0.492 e. The van der Waals surface area contributed by atoms with E-state index in [1.807, 2.05) is 11.0 Å². The zero-order valence-corrected chi connectivity index (χ0v) is 13.2. The number of nitro groups is 1. The van der Waals surface area contributed by atoms with Gasteiger partial charge in [0.1, 0.15) is 18.4 Å². The number of rotatable bonds is 6. The van der Waals surface area contributed by atoms with E-state index in [4.69, 9.17) is 21.6 Å². The highest BCUT2D eigenvalue weighted by molar-refractivity contribution is 6.30. The minimum absolute atomic E-state index is 0.101. The molecule has 0 bridgehead atoms. The Morgan fingerprint density at radius 2 is 2.00 bits per heavy atom. The molecule has 0 aliphatic rings. The molecule has 7 heteroatoms. The Kier molecular flexibility index (Phi) is 5.39. The SMILES string of the molecule is CN(CCOc1ccc(Cl)cc1)c1ccc([N+](=O)[O-])cc1C#N. The number of hydrogen-bond donors (Lipinski definition) is 0. The molecule has 0 fully saturated rings. The van der Waals surface area contributed by atoms with Crippen molar-refractivity contribution in [2.24, 2.45) is 0 Å². The van der Waals surface area contributed by atoms with Crippen LogP contribution in [0.3, 0.4) is 0 Å². The first kappa shape index (κ1) is 16.6. The highest BCUT2D eigenvalue weighted by Crippen LogP contribution is 2.24. The highest BCUT2D eigenvalue weighted by atomic mass is 35.5. The van der Waals surface area contributed by atoms with Gasteiger partial charge in [0.05, 0.1) is 22.7 Å². The van der Waals surface area contributed by atoms with Crippen molar-refractivity contribution in [3.05, 3.63) is 63.2 Å². The maximum Gasteiger partial charge on any atom is 0.270 e. The molecule has 2 aromatic carbocycles. The summed E-state index contributed by atoms with van der Waals surface area (Å²) < 4.78 is 5.60. The first-order valence-corrected chi connectivity index (χ1v) is 7.17. The van der Waals surface area contributed by atoms with Crippen LogP contribution in [0.25, 0.3) is 0 Å². The second-order valence-corrected chi connectivity index (χ2v) is 5.23. The van der Waals surface area contributed by atoms with E-state index in [0.717, 1.165) is 0 Å². The van der Waals surface area contributed by atoms with Crippen molar-refractivity contribution < 1.29 is 9.66 Å². The van der Waals surface area contributed by atoms with Gasteiger partial charge in [-0.25, -0.2) is 0 Å². The number of likely N-dealkylation sites (N-methyl/N-ethyl adjacent to an activating group) is 1. The van der Waals surface area contributed by atoms with Gasteiger partial charge in [-0.3, -0.25) is 10.1 Å². The van der Waals surface area contributed by atoms with Crippen molar-refractivity contribution in [2.45, 2.75) is 0 Å². The zero-order valence-electron chi connectivity index (χ0n) is 12.4. The lowest BCUT2D eigenvalue weighted by Crippen LogP contribution is -2.24. The molecule has 0 aromatic heterocycles. The Morgan fingerprint density at radius 3 is 2.61 bits per heavy atom. The van der Waals surface area contributed by atoms with Crippen LogP contribution in [0.15, 0.2) is 42.5 Å². The van der Waals surface area contributed by atoms with Gasteiger partial charge in [0.2, 0.25) is 0 Å². The average molecular weight is 332 g/mol. The van der Waals surface area contributed by atoms with Gasteiger partial charge in [-0.05, 0) is 30.3 Å². The molecule has 2 aromatic rings. The lowest BCUT2D eigenvalue weighted by atomic mass is 10.1. The number of halogens is 1. The number of anilines is 1. The molecule has 0 radical (unpaired) electrons.